The van der Waals surface area contributed by atoms with E-state index in [0.29, 0.717) is 12.6 Å². The van der Waals surface area contributed by atoms with Gasteiger partial charge in [0.1, 0.15) is 0 Å². The second-order valence-electron chi connectivity index (χ2n) is 7.06. The lowest BCUT2D eigenvalue weighted by atomic mass is 9.81. The molecular formula is C18H27N3O2. The van der Waals surface area contributed by atoms with Crippen LogP contribution in [0.25, 0.3) is 0 Å². The molecule has 5 nitrogen and oxygen atoms in total. The van der Waals surface area contributed by atoms with Crippen LogP contribution in [0.1, 0.15) is 36.7 Å². The largest absolute Gasteiger partial charge is 0.381 e. The lowest BCUT2D eigenvalue weighted by Crippen LogP contribution is -2.41. The lowest BCUT2D eigenvalue weighted by Gasteiger charge is -2.26. The molecule has 0 aliphatic carbocycles. The summed E-state index contributed by atoms with van der Waals surface area (Å²) in [5.41, 5.74) is 3.16. The summed E-state index contributed by atoms with van der Waals surface area (Å²) in [5, 5.41) is 6.52. The smallest absolute Gasteiger partial charge is 0.251 e. The second kappa shape index (κ2) is 6.49. The van der Waals surface area contributed by atoms with E-state index in [1.54, 1.807) is 0 Å². The van der Waals surface area contributed by atoms with Gasteiger partial charge in [-0.05, 0) is 30.7 Å². The van der Waals surface area contributed by atoms with E-state index in [4.69, 9.17) is 4.74 Å². The molecule has 23 heavy (non-hydrogen) atoms. The molecule has 2 aliphatic rings. The zero-order chi connectivity index (χ0) is 16.4. The summed E-state index contributed by atoms with van der Waals surface area (Å²) < 4.78 is 5.33. The van der Waals surface area contributed by atoms with Gasteiger partial charge in [-0.15, -0.1) is 0 Å². The van der Waals surface area contributed by atoms with E-state index in [1.165, 1.54) is 5.56 Å². The Balaban J connectivity index is 1.59. The number of ether oxygens (including phenoxy) is 1. The molecule has 1 amide bonds. The SMILES string of the molecule is CC1Nc2ccc(C(=O)NCCN3CCOCC3)cc2C1(C)C. The van der Waals surface area contributed by atoms with Crippen LogP contribution in [0.4, 0.5) is 5.69 Å². The predicted molar refractivity (Wildman–Crippen MR) is 92.1 cm³/mol. The number of carbonyl (C=O) groups is 1. The Bertz CT molecular complexity index is 580. The van der Waals surface area contributed by atoms with Crippen LogP contribution in [0.3, 0.4) is 0 Å². The van der Waals surface area contributed by atoms with E-state index >= 15 is 0 Å². The highest BCUT2D eigenvalue weighted by atomic mass is 16.5. The number of morpholine rings is 1. The van der Waals surface area contributed by atoms with Crippen LogP contribution in [0, 0.1) is 0 Å². The van der Waals surface area contributed by atoms with Gasteiger partial charge in [-0.1, -0.05) is 13.8 Å². The van der Waals surface area contributed by atoms with Gasteiger partial charge in [-0.25, -0.2) is 0 Å². The number of anilines is 1. The van der Waals surface area contributed by atoms with Gasteiger partial charge in [0.15, 0.2) is 0 Å². The number of benzene rings is 1. The van der Waals surface area contributed by atoms with Crippen LogP contribution in [0.5, 0.6) is 0 Å². The first-order valence-electron chi connectivity index (χ1n) is 8.48. The first-order chi connectivity index (χ1) is 11.0. The molecule has 0 aromatic heterocycles. The topological polar surface area (TPSA) is 53.6 Å². The zero-order valence-electron chi connectivity index (χ0n) is 14.3. The summed E-state index contributed by atoms with van der Waals surface area (Å²) >= 11 is 0. The Labute approximate surface area is 138 Å². The normalized spacial score (nSPS) is 23.2. The molecule has 1 aromatic carbocycles. The Morgan fingerprint density at radius 2 is 2.13 bits per heavy atom. The average Bonchev–Trinajstić information content (AvgIpc) is 2.77. The molecule has 0 saturated carbocycles. The van der Waals surface area contributed by atoms with Gasteiger partial charge in [0.05, 0.1) is 13.2 Å². The Kier molecular flexibility index (Phi) is 4.60. The van der Waals surface area contributed by atoms with Gasteiger partial charge in [0.2, 0.25) is 0 Å². The van der Waals surface area contributed by atoms with Crippen LogP contribution in [0.2, 0.25) is 0 Å². The third-order valence-electron chi connectivity index (χ3n) is 5.25. The molecule has 1 aromatic rings. The van der Waals surface area contributed by atoms with Crippen molar-refractivity contribution in [3.8, 4) is 0 Å². The summed E-state index contributed by atoms with van der Waals surface area (Å²) in [6.07, 6.45) is 0. The van der Waals surface area contributed by atoms with Crippen molar-refractivity contribution in [1.82, 2.24) is 10.2 Å². The molecule has 2 aliphatic heterocycles. The summed E-state index contributed by atoms with van der Waals surface area (Å²) in [7, 11) is 0. The van der Waals surface area contributed by atoms with Gasteiger partial charge in [-0.2, -0.15) is 0 Å². The van der Waals surface area contributed by atoms with Crippen LogP contribution >= 0.6 is 0 Å². The van der Waals surface area contributed by atoms with E-state index in [9.17, 15) is 4.79 Å². The van der Waals surface area contributed by atoms with Crippen LogP contribution in [-0.2, 0) is 10.2 Å². The fourth-order valence-corrected chi connectivity index (χ4v) is 3.25. The standard InChI is InChI=1S/C18H27N3O2/c1-13-18(2,3)15-12-14(4-5-16(15)20-13)17(22)19-6-7-21-8-10-23-11-9-21/h4-5,12-13,20H,6-11H2,1-3H3,(H,19,22). The number of carbonyl (C=O) groups excluding carboxylic acids is 1. The van der Waals surface area contributed by atoms with Crippen molar-refractivity contribution in [3.05, 3.63) is 29.3 Å². The monoisotopic (exact) mass is 317 g/mol. The molecule has 0 spiro atoms. The average molecular weight is 317 g/mol. The number of hydrogen-bond donors (Lipinski definition) is 2. The number of fused-ring (bicyclic) bond motifs is 1. The van der Waals surface area contributed by atoms with E-state index in [1.807, 2.05) is 18.2 Å². The molecule has 1 saturated heterocycles. The highest BCUT2D eigenvalue weighted by molar-refractivity contribution is 5.95. The Hall–Kier alpha value is -1.59. The molecular weight excluding hydrogens is 290 g/mol. The minimum Gasteiger partial charge on any atom is -0.381 e. The van der Waals surface area contributed by atoms with E-state index in [0.717, 1.165) is 44.1 Å². The quantitative estimate of drug-likeness (QED) is 0.890. The van der Waals surface area contributed by atoms with Crippen molar-refractivity contribution in [3.63, 3.8) is 0 Å². The highest BCUT2D eigenvalue weighted by Crippen LogP contribution is 2.40. The molecule has 1 unspecified atom stereocenters. The minimum absolute atomic E-state index is 0.0106. The Morgan fingerprint density at radius 1 is 1.39 bits per heavy atom. The zero-order valence-corrected chi connectivity index (χ0v) is 14.3. The molecule has 5 heteroatoms. The third-order valence-corrected chi connectivity index (χ3v) is 5.25. The van der Waals surface area contributed by atoms with Crippen molar-refractivity contribution in [2.75, 3.05) is 44.7 Å². The molecule has 2 heterocycles. The number of nitrogens with zero attached hydrogens (tertiary/aromatic N) is 1. The molecule has 2 N–H and O–H groups in total. The maximum Gasteiger partial charge on any atom is 0.251 e. The second-order valence-corrected chi connectivity index (χ2v) is 7.06. The van der Waals surface area contributed by atoms with Gasteiger partial charge < -0.3 is 15.4 Å². The maximum atomic E-state index is 12.4. The fourth-order valence-electron chi connectivity index (χ4n) is 3.25. The fraction of sp³-hybridized carbons (Fsp3) is 0.611. The lowest BCUT2D eigenvalue weighted by molar-refractivity contribution is 0.0383. The van der Waals surface area contributed by atoms with Gasteiger partial charge in [0.25, 0.3) is 5.91 Å². The molecule has 0 bridgehead atoms. The van der Waals surface area contributed by atoms with E-state index < -0.39 is 0 Å². The molecule has 1 atom stereocenters. The van der Waals surface area contributed by atoms with Crippen molar-refractivity contribution < 1.29 is 9.53 Å². The van der Waals surface area contributed by atoms with Crippen molar-refractivity contribution in [2.45, 2.75) is 32.2 Å². The minimum atomic E-state index is 0.0106. The number of amides is 1. The van der Waals surface area contributed by atoms with Crippen LogP contribution in [-0.4, -0.2) is 56.2 Å². The van der Waals surface area contributed by atoms with Crippen molar-refractivity contribution in [2.24, 2.45) is 0 Å². The molecule has 1 fully saturated rings. The van der Waals surface area contributed by atoms with E-state index in [-0.39, 0.29) is 11.3 Å². The van der Waals surface area contributed by atoms with Crippen molar-refractivity contribution >= 4 is 11.6 Å². The maximum absolute atomic E-state index is 12.4. The summed E-state index contributed by atoms with van der Waals surface area (Å²) in [5.74, 6) is 0.0106. The molecule has 0 radical (unpaired) electrons. The first-order valence-corrected chi connectivity index (χ1v) is 8.48. The third kappa shape index (κ3) is 3.35. The van der Waals surface area contributed by atoms with Crippen molar-refractivity contribution in [1.29, 1.82) is 0 Å². The predicted octanol–water partition coefficient (Wildman–Crippen LogP) is 1.84. The summed E-state index contributed by atoms with van der Waals surface area (Å²) in [6.45, 7) is 11.7. The van der Waals surface area contributed by atoms with Crippen LogP contribution < -0.4 is 10.6 Å². The van der Waals surface area contributed by atoms with Crippen LogP contribution in [0.15, 0.2) is 18.2 Å². The number of rotatable bonds is 4. The summed E-state index contributed by atoms with van der Waals surface area (Å²) in [6, 6.07) is 6.34. The van der Waals surface area contributed by atoms with E-state index in [2.05, 4.69) is 36.3 Å². The first kappa shape index (κ1) is 16.3. The number of hydrogen-bond acceptors (Lipinski definition) is 4. The van der Waals surface area contributed by atoms with Gasteiger partial charge >= 0.3 is 0 Å². The molecule has 3 rings (SSSR count). The van der Waals surface area contributed by atoms with Gasteiger partial charge in [-0.3, -0.25) is 9.69 Å². The molecule has 126 valence electrons. The Morgan fingerprint density at radius 3 is 2.87 bits per heavy atom. The van der Waals surface area contributed by atoms with Gasteiger partial charge in [0, 0.05) is 48.9 Å². The summed E-state index contributed by atoms with van der Waals surface area (Å²) in [4.78, 5) is 14.7. The highest BCUT2D eigenvalue weighted by Gasteiger charge is 2.36. The number of nitrogens with one attached hydrogen (secondary N) is 2.